The summed E-state index contributed by atoms with van der Waals surface area (Å²) < 4.78 is 1.39. The zero-order valence-corrected chi connectivity index (χ0v) is 15.9. The van der Waals surface area contributed by atoms with Gasteiger partial charge in [0.05, 0.1) is 16.5 Å². The summed E-state index contributed by atoms with van der Waals surface area (Å²) in [6.45, 7) is 3.95. The van der Waals surface area contributed by atoms with Crippen LogP contribution >= 0.6 is 23.4 Å². The number of nitrogens with one attached hydrogen (secondary N) is 1. The summed E-state index contributed by atoms with van der Waals surface area (Å²) in [4.78, 5) is 12.2. The quantitative estimate of drug-likeness (QED) is 0.515. The van der Waals surface area contributed by atoms with Crippen LogP contribution in [0.5, 0.6) is 0 Å². The van der Waals surface area contributed by atoms with Gasteiger partial charge in [0.2, 0.25) is 11.1 Å². The molecule has 0 fully saturated rings. The van der Waals surface area contributed by atoms with Crippen molar-refractivity contribution in [3.05, 3.63) is 58.6 Å². The topological polar surface area (TPSA) is 85.8 Å². The Labute approximate surface area is 160 Å². The molecule has 0 spiro atoms. The molecule has 0 aliphatic carbocycles. The van der Waals surface area contributed by atoms with Crippen LogP contribution in [-0.2, 0) is 4.79 Å². The van der Waals surface area contributed by atoms with E-state index < -0.39 is 0 Å². The van der Waals surface area contributed by atoms with Gasteiger partial charge in [-0.2, -0.15) is 0 Å². The highest BCUT2D eigenvalue weighted by Gasteiger charge is 2.14. The molecule has 26 heavy (non-hydrogen) atoms. The number of nitrogens with two attached hydrogens (primary N) is 1. The number of aromatic nitrogens is 3. The molecule has 3 N–H and O–H groups in total. The summed E-state index contributed by atoms with van der Waals surface area (Å²) in [6, 6.07) is 13.3. The first-order valence-corrected chi connectivity index (χ1v) is 9.27. The van der Waals surface area contributed by atoms with Crippen molar-refractivity contribution in [2.75, 3.05) is 16.9 Å². The van der Waals surface area contributed by atoms with Crippen molar-refractivity contribution >= 4 is 35.0 Å². The van der Waals surface area contributed by atoms with Gasteiger partial charge in [0.25, 0.3) is 0 Å². The van der Waals surface area contributed by atoms with Gasteiger partial charge in [-0.15, -0.1) is 10.2 Å². The van der Waals surface area contributed by atoms with Crippen molar-refractivity contribution in [2.45, 2.75) is 19.0 Å². The lowest BCUT2D eigenvalue weighted by atomic mass is 10.1. The van der Waals surface area contributed by atoms with E-state index in [0.717, 1.165) is 16.7 Å². The molecule has 3 aromatic rings. The Morgan fingerprint density at radius 3 is 2.54 bits per heavy atom. The van der Waals surface area contributed by atoms with E-state index in [0.29, 0.717) is 21.7 Å². The number of carbonyl (C=O) groups excluding carboxylic acids is 1. The van der Waals surface area contributed by atoms with Crippen molar-refractivity contribution < 1.29 is 4.79 Å². The minimum atomic E-state index is -0.194. The number of benzene rings is 2. The molecule has 0 saturated carbocycles. The molecular formula is C18H18ClN5OS. The van der Waals surface area contributed by atoms with Gasteiger partial charge >= 0.3 is 0 Å². The second kappa shape index (κ2) is 7.80. The molecule has 1 heterocycles. The highest BCUT2D eigenvalue weighted by Crippen LogP contribution is 2.24. The van der Waals surface area contributed by atoms with Crippen LogP contribution < -0.4 is 11.2 Å². The second-order valence-electron chi connectivity index (χ2n) is 5.86. The number of hydrogen-bond donors (Lipinski definition) is 2. The predicted octanol–water partition coefficient (Wildman–Crippen LogP) is 3.66. The molecule has 6 nitrogen and oxygen atoms in total. The number of nitrogens with zero attached hydrogens (tertiary/aromatic N) is 3. The Kier molecular flexibility index (Phi) is 5.49. The molecule has 0 unspecified atom stereocenters. The minimum Gasteiger partial charge on any atom is -0.335 e. The normalized spacial score (nSPS) is 10.7. The minimum absolute atomic E-state index is 0.146. The third-order valence-electron chi connectivity index (χ3n) is 3.71. The number of aryl methyl sites for hydroxylation is 2. The average molecular weight is 388 g/mol. The molecular weight excluding hydrogens is 370 g/mol. The number of hydrogen-bond acceptors (Lipinski definition) is 5. The van der Waals surface area contributed by atoms with Gasteiger partial charge in [-0.3, -0.25) is 4.79 Å². The fourth-order valence-corrected chi connectivity index (χ4v) is 3.25. The van der Waals surface area contributed by atoms with Crippen LogP contribution in [0, 0.1) is 13.8 Å². The first-order chi connectivity index (χ1) is 12.4. The van der Waals surface area contributed by atoms with E-state index in [4.69, 9.17) is 17.4 Å². The first kappa shape index (κ1) is 18.3. The molecule has 0 aliphatic heterocycles. The number of halogens is 1. The zero-order valence-electron chi connectivity index (χ0n) is 14.4. The third kappa shape index (κ3) is 4.17. The fourth-order valence-electron chi connectivity index (χ4n) is 2.31. The van der Waals surface area contributed by atoms with Crippen molar-refractivity contribution in [3.8, 4) is 11.4 Å². The van der Waals surface area contributed by atoms with Gasteiger partial charge in [0.1, 0.15) is 0 Å². The van der Waals surface area contributed by atoms with Crippen LogP contribution in [0.4, 0.5) is 5.69 Å². The van der Waals surface area contributed by atoms with E-state index in [1.165, 1.54) is 16.4 Å². The summed E-state index contributed by atoms with van der Waals surface area (Å²) in [5.41, 5.74) is 3.63. The highest BCUT2D eigenvalue weighted by atomic mass is 35.5. The molecule has 0 aliphatic rings. The molecule has 1 amide bonds. The van der Waals surface area contributed by atoms with Crippen LogP contribution in [0.1, 0.15) is 11.1 Å². The van der Waals surface area contributed by atoms with Gasteiger partial charge < -0.3 is 11.2 Å². The molecule has 8 heteroatoms. The lowest BCUT2D eigenvalue weighted by molar-refractivity contribution is -0.113. The molecule has 0 saturated heterocycles. The smallest absolute Gasteiger partial charge is 0.234 e. The summed E-state index contributed by atoms with van der Waals surface area (Å²) >= 11 is 7.34. The summed E-state index contributed by atoms with van der Waals surface area (Å²) in [7, 11) is 0. The Balaban J connectivity index is 1.64. The number of nitrogen functional groups attached to an aromatic ring is 1. The van der Waals surface area contributed by atoms with Gasteiger partial charge in [-0.25, -0.2) is 4.68 Å². The second-order valence-corrected chi connectivity index (χ2v) is 7.21. The van der Waals surface area contributed by atoms with Crippen molar-refractivity contribution in [1.82, 2.24) is 14.9 Å². The van der Waals surface area contributed by atoms with Crippen molar-refractivity contribution in [3.63, 3.8) is 0 Å². The molecule has 3 rings (SSSR count). The Bertz CT molecular complexity index is 939. The maximum absolute atomic E-state index is 12.2. The van der Waals surface area contributed by atoms with Crippen molar-refractivity contribution in [2.24, 2.45) is 0 Å². The zero-order chi connectivity index (χ0) is 18.7. The Morgan fingerprint density at radius 1 is 1.15 bits per heavy atom. The monoisotopic (exact) mass is 387 g/mol. The summed E-state index contributed by atoms with van der Waals surface area (Å²) in [5, 5.41) is 11.9. The van der Waals surface area contributed by atoms with E-state index in [1.54, 1.807) is 12.1 Å². The Hall–Kier alpha value is -2.51. The van der Waals surface area contributed by atoms with Crippen LogP contribution in [-0.4, -0.2) is 26.5 Å². The van der Waals surface area contributed by atoms with Crippen molar-refractivity contribution in [1.29, 1.82) is 0 Å². The number of rotatable bonds is 5. The SMILES string of the molecule is Cc1ccc(-c2nnc(SCC(=O)Nc3ccc(C)cc3Cl)n2N)cc1. The summed E-state index contributed by atoms with van der Waals surface area (Å²) in [6.07, 6.45) is 0. The first-order valence-electron chi connectivity index (χ1n) is 7.90. The van der Waals surface area contributed by atoms with Gasteiger partial charge in [0.15, 0.2) is 5.82 Å². The van der Waals surface area contributed by atoms with Crippen LogP contribution in [0.2, 0.25) is 5.02 Å². The van der Waals surface area contributed by atoms with E-state index in [1.807, 2.05) is 44.2 Å². The largest absolute Gasteiger partial charge is 0.335 e. The highest BCUT2D eigenvalue weighted by molar-refractivity contribution is 7.99. The van der Waals surface area contributed by atoms with Gasteiger partial charge in [0, 0.05) is 5.56 Å². The number of anilines is 1. The van der Waals surface area contributed by atoms with E-state index >= 15 is 0 Å². The lowest BCUT2D eigenvalue weighted by Crippen LogP contribution is -2.16. The molecule has 0 radical (unpaired) electrons. The molecule has 2 aromatic carbocycles. The van der Waals surface area contributed by atoms with Gasteiger partial charge in [-0.05, 0) is 31.5 Å². The summed E-state index contributed by atoms with van der Waals surface area (Å²) in [5.74, 6) is 6.57. The van der Waals surface area contributed by atoms with Gasteiger partial charge in [-0.1, -0.05) is 59.3 Å². The molecule has 0 bridgehead atoms. The van der Waals surface area contributed by atoms with E-state index in [9.17, 15) is 4.79 Å². The Morgan fingerprint density at radius 2 is 1.85 bits per heavy atom. The van der Waals surface area contributed by atoms with E-state index in [-0.39, 0.29) is 11.7 Å². The molecule has 134 valence electrons. The maximum Gasteiger partial charge on any atom is 0.234 e. The lowest BCUT2D eigenvalue weighted by Gasteiger charge is -2.08. The molecule has 1 aromatic heterocycles. The fraction of sp³-hybridized carbons (Fsp3) is 0.167. The third-order valence-corrected chi connectivity index (χ3v) is 4.96. The number of amides is 1. The molecule has 0 atom stereocenters. The van der Waals surface area contributed by atoms with Crippen LogP contribution in [0.25, 0.3) is 11.4 Å². The average Bonchev–Trinajstić information content (AvgIpc) is 2.97. The van der Waals surface area contributed by atoms with Crippen LogP contribution in [0.15, 0.2) is 47.6 Å². The van der Waals surface area contributed by atoms with Crippen LogP contribution in [0.3, 0.4) is 0 Å². The van der Waals surface area contributed by atoms with E-state index in [2.05, 4.69) is 15.5 Å². The standard InChI is InChI=1S/C18H18ClN5OS/c1-11-3-6-13(7-4-11)17-22-23-18(24(17)20)26-10-16(25)21-15-8-5-12(2)9-14(15)19/h3-9H,10,20H2,1-2H3,(H,21,25). The number of thioether (sulfide) groups is 1. The number of carbonyl (C=O) groups is 1. The maximum atomic E-state index is 12.2. The predicted molar refractivity (Wildman–Crippen MR) is 106 cm³/mol.